The molecule has 0 aromatic heterocycles. The summed E-state index contributed by atoms with van der Waals surface area (Å²) in [5.41, 5.74) is 2.45. The zero-order valence-corrected chi connectivity index (χ0v) is 26.4. The third-order valence-corrected chi connectivity index (χ3v) is 8.97. The molecule has 0 aliphatic carbocycles. The number of nitrogens with one attached hydrogen (secondary N) is 1. The lowest BCUT2D eigenvalue weighted by molar-refractivity contribution is -0.140. The molecule has 0 fully saturated rings. The lowest BCUT2D eigenvalue weighted by Crippen LogP contribution is -2.54. The van der Waals surface area contributed by atoms with Gasteiger partial charge in [-0.05, 0) is 80.4 Å². The van der Waals surface area contributed by atoms with Crippen molar-refractivity contribution in [1.82, 2.24) is 10.2 Å². The Balaban J connectivity index is 1.80. The van der Waals surface area contributed by atoms with E-state index in [4.69, 9.17) is 11.6 Å². The number of halogens is 2. The highest BCUT2D eigenvalue weighted by Gasteiger charge is 2.34. The van der Waals surface area contributed by atoms with Crippen molar-refractivity contribution in [2.45, 2.75) is 50.7 Å². The van der Waals surface area contributed by atoms with Gasteiger partial charge in [-0.3, -0.25) is 13.9 Å². The molecule has 44 heavy (non-hydrogen) atoms. The fourth-order valence-electron chi connectivity index (χ4n) is 4.74. The van der Waals surface area contributed by atoms with Crippen LogP contribution in [0.1, 0.15) is 30.5 Å². The number of sulfonamides is 1. The number of nitrogens with zero attached hydrogens (tertiary/aromatic N) is 2. The summed E-state index contributed by atoms with van der Waals surface area (Å²) in [6.07, 6.45) is 0.187. The van der Waals surface area contributed by atoms with Crippen molar-refractivity contribution in [3.05, 3.63) is 131 Å². The maximum atomic E-state index is 14.4. The summed E-state index contributed by atoms with van der Waals surface area (Å²) in [5, 5.41) is 3.37. The largest absolute Gasteiger partial charge is 0.352 e. The van der Waals surface area contributed by atoms with E-state index in [2.05, 4.69) is 5.32 Å². The van der Waals surface area contributed by atoms with E-state index in [0.717, 1.165) is 27.6 Å². The molecule has 0 bridgehead atoms. The molecule has 0 saturated heterocycles. The van der Waals surface area contributed by atoms with E-state index in [-0.39, 0.29) is 35.5 Å². The fraction of sp³-hybridized carbons (Fsp3) is 0.235. The summed E-state index contributed by atoms with van der Waals surface area (Å²) in [4.78, 5) is 29.4. The number of hydrogen-bond acceptors (Lipinski definition) is 4. The smallest absolute Gasteiger partial charge is 0.264 e. The Morgan fingerprint density at radius 1 is 0.864 bits per heavy atom. The first-order chi connectivity index (χ1) is 20.9. The average molecular weight is 636 g/mol. The summed E-state index contributed by atoms with van der Waals surface area (Å²) in [7, 11) is -4.27. The number of anilines is 1. The van der Waals surface area contributed by atoms with Gasteiger partial charge >= 0.3 is 0 Å². The van der Waals surface area contributed by atoms with Gasteiger partial charge in [0.1, 0.15) is 18.4 Å². The highest BCUT2D eigenvalue weighted by Crippen LogP contribution is 2.26. The maximum absolute atomic E-state index is 14.4. The van der Waals surface area contributed by atoms with Crippen molar-refractivity contribution in [2.75, 3.05) is 10.8 Å². The van der Waals surface area contributed by atoms with Gasteiger partial charge in [0.2, 0.25) is 11.8 Å². The average Bonchev–Trinajstić information content (AvgIpc) is 2.98. The quantitative estimate of drug-likeness (QED) is 0.202. The predicted molar refractivity (Wildman–Crippen MR) is 171 cm³/mol. The van der Waals surface area contributed by atoms with Gasteiger partial charge in [-0.15, -0.1) is 0 Å². The van der Waals surface area contributed by atoms with Gasteiger partial charge in [-0.25, -0.2) is 12.8 Å². The van der Waals surface area contributed by atoms with Crippen molar-refractivity contribution < 1.29 is 22.4 Å². The van der Waals surface area contributed by atoms with Crippen LogP contribution in [0.4, 0.5) is 10.1 Å². The van der Waals surface area contributed by atoms with E-state index in [0.29, 0.717) is 10.6 Å². The Morgan fingerprint density at radius 2 is 1.50 bits per heavy atom. The summed E-state index contributed by atoms with van der Waals surface area (Å²) in [6, 6.07) is 26.2. The Labute approximate surface area is 263 Å². The molecule has 0 spiro atoms. The lowest BCUT2D eigenvalue weighted by atomic mass is 10.0. The molecule has 4 rings (SSSR count). The van der Waals surface area contributed by atoms with Crippen LogP contribution in [0.5, 0.6) is 0 Å². The SMILES string of the molecule is Cc1ccc(S(=O)(=O)N(CC(=O)N(Cc2cccc(Cl)c2)C(Cc2ccccc2)C(=O)NC(C)C)c2ccc(F)cc2)cc1. The van der Waals surface area contributed by atoms with Crippen molar-refractivity contribution >= 4 is 39.1 Å². The summed E-state index contributed by atoms with van der Waals surface area (Å²) >= 11 is 6.26. The lowest BCUT2D eigenvalue weighted by Gasteiger charge is -2.34. The monoisotopic (exact) mass is 635 g/mol. The topological polar surface area (TPSA) is 86.8 Å². The Bertz CT molecular complexity index is 1680. The molecule has 230 valence electrons. The predicted octanol–water partition coefficient (Wildman–Crippen LogP) is 6.15. The molecular formula is C34H35ClFN3O4S. The van der Waals surface area contributed by atoms with Crippen LogP contribution in [-0.4, -0.2) is 43.8 Å². The molecule has 0 aliphatic rings. The first kappa shape index (κ1) is 32.7. The highest BCUT2D eigenvalue weighted by molar-refractivity contribution is 7.92. The van der Waals surface area contributed by atoms with Crippen molar-refractivity contribution in [3.8, 4) is 0 Å². The van der Waals surface area contributed by atoms with Crippen LogP contribution >= 0.6 is 11.6 Å². The number of hydrogen-bond donors (Lipinski definition) is 1. The molecule has 0 aliphatic heterocycles. The normalized spacial score (nSPS) is 12.0. The maximum Gasteiger partial charge on any atom is 0.264 e. The van der Waals surface area contributed by atoms with E-state index >= 15 is 0 Å². The van der Waals surface area contributed by atoms with E-state index in [1.54, 1.807) is 36.4 Å². The van der Waals surface area contributed by atoms with Crippen LogP contribution < -0.4 is 9.62 Å². The standard InChI is InChI=1S/C34H35ClFN3O4S/c1-24(2)37-34(41)32(21-26-8-5-4-6-9-26)38(22-27-10-7-11-28(35)20-27)33(40)23-39(30-16-14-29(36)15-17-30)44(42,43)31-18-12-25(3)13-19-31/h4-20,24,32H,21-23H2,1-3H3,(H,37,41). The minimum Gasteiger partial charge on any atom is -0.352 e. The third-order valence-electron chi connectivity index (χ3n) is 6.95. The Hall–Kier alpha value is -4.21. The second-order valence-electron chi connectivity index (χ2n) is 10.8. The fourth-order valence-corrected chi connectivity index (χ4v) is 6.37. The molecule has 2 amide bonds. The number of carbonyl (C=O) groups excluding carboxylic acids is 2. The highest BCUT2D eigenvalue weighted by atomic mass is 35.5. The molecule has 0 heterocycles. The number of carbonyl (C=O) groups is 2. The van der Waals surface area contributed by atoms with E-state index < -0.39 is 34.3 Å². The van der Waals surface area contributed by atoms with Crippen LogP contribution in [0.2, 0.25) is 5.02 Å². The summed E-state index contributed by atoms with van der Waals surface area (Å²) in [6.45, 7) is 4.84. The van der Waals surface area contributed by atoms with Crippen LogP contribution in [0.15, 0.2) is 108 Å². The van der Waals surface area contributed by atoms with Crippen LogP contribution in [0.3, 0.4) is 0 Å². The number of aryl methyl sites for hydroxylation is 1. The van der Waals surface area contributed by atoms with Crippen molar-refractivity contribution in [1.29, 1.82) is 0 Å². The van der Waals surface area contributed by atoms with E-state index in [1.165, 1.54) is 29.2 Å². The first-order valence-corrected chi connectivity index (χ1v) is 16.0. The van der Waals surface area contributed by atoms with Crippen molar-refractivity contribution in [3.63, 3.8) is 0 Å². The van der Waals surface area contributed by atoms with Gasteiger partial charge in [-0.1, -0.05) is 71.8 Å². The molecule has 4 aromatic rings. The number of rotatable bonds is 12. The van der Waals surface area contributed by atoms with Gasteiger partial charge in [0, 0.05) is 24.0 Å². The van der Waals surface area contributed by atoms with Gasteiger partial charge in [0.15, 0.2) is 0 Å². The summed E-state index contributed by atoms with van der Waals surface area (Å²) < 4.78 is 42.8. The Morgan fingerprint density at radius 3 is 2.11 bits per heavy atom. The summed E-state index contributed by atoms with van der Waals surface area (Å²) in [5.74, 6) is -1.55. The molecule has 10 heteroatoms. The van der Waals surface area contributed by atoms with Gasteiger partial charge in [-0.2, -0.15) is 0 Å². The van der Waals surface area contributed by atoms with Crippen LogP contribution in [0.25, 0.3) is 0 Å². The second-order valence-corrected chi connectivity index (χ2v) is 13.1. The molecule has 0 saturated carbocycles. The van der Waals surface area contributed by atoms with Crippen LogP contribution in [-0.2, 0) is 32.6 Å². The van der Waals surface area contributed by atoms with Gasteiger partial charge < -0.3 is 10.2 Å². The van der Waals surface area contributed by atoms with Gasteiger partial charge in [0.05, 0.1) is 10.6 Å². The molecule has 4 aromatic carbocycles. The second kappa shape index (κ2) is 14.5. The van der Waals surface area contributed by atoms with E-state index in [9.17, 15) is 22.4 Å². The van der Waals surface area contributed by atoms with Crippen molar-refractivity contribution in [2.24, 2.45) is 0 Å². The minimum atomic E-state index is -4.27. The zero-order valence-electron chi connectivity index (χ0n) is 24.8. The first-order valence-electron chi connectivity index (χ1n) is 14.2. The molecule has 1 N–H and O–H groups in total. The molecule has 1 unspecified atom stereocenters. The van der Waals surface area contributed by atoms with Crippen LogP contribution in [0, 0.1) is 12.7 Å². The van der Waals surface area contributed by atoms with E-state index in [1.807, 2.05) is 51.1 Å². The molecular weight excluding hydrogens is 601 g/mol. The third kappa shape index (κ3) is 8.45. The Kier molecular flexibility index (Phi) is 10.8. The number of amides is 2. The van der Waals surface area contributed by atoms with Gasteiger partial charge in [0.25, 0.3) is 10.0 Å². The zero-order chi connectivity index (χ0) is 31.9. The minimum absolute atomic E-state index is 0.00968. The molecule has 7 nitrogen and oxygen atoms in total. The number of benzene rings is 4. The molecule has 1 atom stereocenters. The molecule has 0 radical (unpaired) electrons.